The molecule has 1 amide bonds. The van der Waals surface area contributed by atoms with Crippen LogP contribution in [0.1, 0.15) is 21.6 Å². The summed E-state index contributed by atoms with van der Waals surface area (Å²) in [6.45, 7) is 2.28. The molecule has 0 aliphatic rings. The van der Waals surface area contributed by atoms with Crippen molar-refractivity contribution in [3.05, 3.63) is 70.7 Å². The third-order valence-corrected chi connectivity index (χ3v) is 6.59. The van der Waals surface area contributed by atoms with Gasteiger partial charge in [-0.15, -0.1) is 11.3 Å². The van der Waals surface area contributed by atoms with Crippen LogP contribution in [0.25, 0.3) is 10.6 Å². The number of carbonyl (C=O) groups excluding carboxylic acids is 1. The Morgan fingerprint density at radius 3 is 2.39 bits per heavy atom. The van der Waals surface area contributed by atoms with Crippen LogP contribution in [0.3, 0.4) is 0 Å². The Labute approximate surface area is 168 Å². The SMILES string of the molecule is CNC(=O)c1ccc(S(=O)(=O)NCCc2csc(-c3ccc(C)cc3)n2)cc1. The minimum Gasteiger partial charge on any atom is -0.355 e. The van der Waals surface area contributed by atoms with Gasteiger partial charge in [0.15, 0.2) is 0 Å². The Morgan fingerprint density at radius 2 is 1.75 bits per heavy atom. The molecular weight excluding hydrogens is 394 g/mol. The fraction of sp³-hybridized carbons (Fsp3) is 0.200. The van der Waals surface area contributed by atoms with Gasteiger partial charge in [-0.05, 0) is 31.2 Å². The van der Waals surface area contributed by atoms with E-state index in [2.05, 4.69) is 15.0 Å². The summed E-state index contributed by atoms with van der Waals surface area (Å²) in [5.41, 5.74) is 3.50. The van der Waals surface area contributed by atoms with Crippen molar-refractivity contribution in [2.45, 2.75) is 18.2 Å². The van der Waals surface area contributed by atoms with Gasteiger partial charge in [0, 0.05) is 36.5 Å². The van der Waals surface area contributed by atoms with Crippen LogP contribution in [0.4, 0.5) is 0 Å². The van der Waals surface area contributed by atoms with Gasteiger partial charge >= 0.3 is 0 Å². The minimum atomic E-state index is -3.64. The first kappa shape index (κ1) is 20.2. The van der Waals surface area contributed by atoms with Gasteiger partial charge < -0.3 is 5.32 Å². The van der Waals surface area contributed by atoms with Gasteiger partial charge in [-0.1, -0.05) is 29.8 Å². The fourth-order valence-corrected chi connectivity index (χ4v) is 4.47. The summed E-state index contributed by atoms with van der Waals surface area (Å²) in [5.74, 6) is -0.259. The van der Waals surface area contributed by atoms with Gasteiger partial charge in [0.1, 0.15) is 5.01 Å². The summed E-state index contributed by atoms with van der Waals surface area (Å²) < 4.78 is 27.4. The number of aryl methyl sites for hydroxylation is 1. The van der Waals surface area contributed by atoms with Gasteiger partial charge in [0.05, 0.1) is 10.6 Å². The molecule has 0 aliphatic heterocycles. The zero-order valence-corrected chi connectivity index (χ0v) is 17.2. The highest BCUT2D eigenvalue weighted by Crippen LogP contribution is 2.24. The zero-order valence-electron chi connectivity index (χ0n) is 15.6. The third kappa shape index (κ3) is 4.83. The largest absolute Gasteiger partial charge is 0.355 e. The highest BCUT2D eigenvalue weighted by Gasteiger charge is 2.15. The summed E-state index contributed by atoms with van der Waals surface area (Å²) in [7, 11) is -2.11. The van der Waals surface area contributed by atoms with E-state index >= 15 is 0 Å². The van der Waals surface area contributed by atoms with E-state index in [0.717, 1.165) is 16.3 Å². The van der Waals surface area contributed by atoms with Crippen molar-refractivity contribution in [1.82, 2.24) is 15.0 Å². The lowest BCUT2D eigenvalue weighted by molar-refractivity contribution is 0.0963. The van der Waals surface area contributed by atoms with Crippen molar-refractivity contribution >= 4 is 27.3 Å². The molecule has 2 aromatic carbocycles. The van der Waals surface area contributed by atoms with Crippen molar-refractivity contribution in [3.8, 4) is 10.6 Å². The molecule has 1 heterocycles. The lowest BCUT2D eigenvalue weighted by Gasteiger charge is -2.07. The molecule has 0 bridgehead atoms. The number of aromatic nitrogens is 1. The molecule has 0 atom stereocenters. The molecule has 3 aromatic rings. The molecule has 2 N–H and O–H groups in total. The molecule has 3 rings (SSSR count). The van der Waals surface area contributed by atoms with Gasteiger partial charge in [-0.3, -0.25) is 4.79 Å². The predicted molar refractivity (Wildman–Crippen MR) is 111 cm³/mol. The Bertz CT molecular complexity index is 1060. The van der Waals surface area contributed by atoms with Crippen LogP contribution < -0.4 is 10.0 Å². The zero-order chi connectivity index (χ0) is 20.1. The van der Waals surface area contributed by atoms with Crippen LogP contribution in [0, 0.1) is 6.92 Å². The summed E-state index contributed by atoms with van der Waals surface area (Å²) in [5, 5.41) is 5.36. The molecule has 0 unspecified atom stereocenters. The predicted octanol–water partition coefficient (Wildman–Crippen LogP) is 3.00. The maximum absolute atomic E-state index is 12.4. The van der Waals surface area contributed by atoms with Crippen molar-refractivity contribution in [2.75, 3.05) is 13.6 Å². The normalized spacial score (nSPS) is 11.4. The van der Waals surface area contributed by atoms with Crippen molar-refractivity contribution < 1.29 is 13.2 Å². The Hall–Kier alpha value is -2.55. The molecule has 0 aliphatic carbocycles. The van der Waals surface area contributed by atoms with Crippen LogP contribution in [0.5, 0.6) is 0 Å². The van der Waals surface area contributed by atoms with E-state index in [1.807, 2.05) is 36.6 Å². The highest BCUT2D eigenvalue weighted by molar-refractivity contribution is 7.89. The van der Waals surface area contributed by atoms with Crippen LogP contribution in [-0.2, 0) is 16.4 Å². The summed E-state index contributed by atoms with van der Waals surface area (Å²) in [6.07, 6.45) is 0.498. The number of benzene rings is 2. The molecule has 0 saturated carbocycles. The lowest BCUT2D eigenvalue weighted by Crippen LogP contribution is -2.26. The van der Waals surface area contributed by atoms with Crippen molar-refractivity contribution in [1.29, 1.82) is 0 Å². The molecule has 0 saturated heterocycles. The Kier molecular flexibility index (Phi) is 6.23. The molecule has 8 heteroatoms. The second-order valence-electron chi connectivity index (χ2n) is 6.26. The number of thiazole rings is 1. The fourth-order valence-electron chi connectivity index (χ4n) is 2.58. The number of nitrogens with one attached hydrogen (secondary N) is 2. The maximum atomic E-state index is 12.4. The van der Waals surface area contributed by atoms with Gasteiger partial charge in [-0.25, -0.2) is 18.1 Å². The Morgan fingerprint density at radius 1 is 1.07 bits per heavy atom. The smallest absolute Gasteiger partial charge is 0.251 e. The van der Waals surface area contributed by atoms with Crippen LogP contribution >= 0.6 is 11.3 Å². The van der Waals surface area contributed by atoms with Crippen LogP contribution in [0.15, 0.2) is 58.8 Å². The molecular formula is C20H21N3O3S2. The standard InChI is InChI=1S/C20H21N3O3S2/c1-14-3-5-16(6-4-14)20-23-17(13-27-20)11-12-22-28(25,26)18-9-7-15(8-10-18)19(24)21-2/h3-10,13,22H,11-12H2,1-2H3,(H,21,24). The first-order valence-corrected chi connectivity index (χ1v) is 11.1. The quantitative estimate of drug-likeness (QED) is 0.621. The van der Waals surface area contributed by atoms with Crippen LogP contribution in [-0.4, -0.2) is 32.9 Å². The first-order valence-electron chi connectivity index (χ1n) is 8.72. The average molecular weight is 416 g/mol. The average Bonchev–Trinajstić information content (AvgIpc) is 3.16. The molecule has 6 nitrogen and oxygen atoms in total. The topological polar surface area (TPSA) is 88.2 Å². The van der Waals surface area contributed by atoms with E-state index in [1.165, 1.54) is 36.9 Å². The number of carbonyl (C=O) groups is 1. The molecule has 0 radical (unpaired) electrons. The lowest BCUT2D eigenvalue weighted by atomic mass is 10.2. The monoisotopic (exact) mass is 415 g/mol. The van der Waals surface area contributed by atoms with E-state index in [9.17, 15) is 13.2 Å². The van der Waals surface area contributed by atoms with Crippen molar-refractivity contribution in [3.63, 3.8) is 0 Å². The number of nitrogens with zero attached hydrogens (tertiary/aromatic N) is 1. The summed E-state index contributed by atoms with van der Waals surface area (Å²) >= 11 is 1.54. The second-order valence-corrected chi connectivity index (χ2v) is 8.89. The number of hydrogen-bond acceptors (Lipinski definition) is 5. The van der Waals surface area contributed by atoms with E-state index < -0.39 is 10.0 Å². The van der Waals surface area contributed by atoms with Crippen LogP contribution in [0.2, 0.25) is 0 Å². The molecule has 146 valence electrons. The van der Waals surface area contributed by atoms with E-state index in [0.29, 0.717) is 12.0 Å². The van der Waals surface area contributed by atoms with E-state index in [-0.39, 0.29) is 17.3 Å². The maximum Gasteiger partial charge on any atom is 0.251 e. The van der Waals surface area contributed by atoms with Gasteiger partial charge in [-0.2, -0.15) is 0 Å². The van der Waals surface area contributed by atoms with E-state index in [1.54, 1.807) is 11.3 Å². The molecule has 1 aromatic heterocycles. The third-order valence-electron chi connectivity index (χ3n) is 4.18. The summed E-state index contributed by atoms with van der Waals surface area (Å²) in [4.78, 5) is 16.2. The highest BCUT2D eigenvalue weighted by atomic mass is 32.2. The molecule has 28 heavy (non-hydrogen) atoms. The number of amides is 1. The minimum absolute atomic E-state index is 0.124. The number of rotatable bonds is 7. The van der Waals surface area contributed by atoms with Gasteiger partial charge in [0.25, 0.3) is 5.91 Å². The van der Waals surface area contributed by atoms with E-state index in [4.69, 9.17) is 0 Å². The van der Waals surface area contributed by atoms with Gasteiger partial charge in [0.2, 0.25) is 10.0 Å². The first-order chi connectivity index (χ1) is 13.4. The number of sulfonamides is 1. The van der Waals surface area contributed by atoms with Crippen molar-refractivity contribution in [2.24, 2.45) is 0 Å². The Balaban J connectivity index is 1.59. The molecule has 0 spiro atoms. The summed E-state index contributed by atoms with van der Waals surface area (Å²) in [6, 6.07) is 14.0. The molecule has 0 fully saturated rings. The number of hydrogen-bond donors (Lipinski definition) is 2. The second kappa shape index (κ2) is 8.64.